The second-order valence-electron chi connectivity index (χ2n) is 5.99. The summed E-state index contributed by atoms with van der Waals surface area (Å²) in [6, 6.07) is 15.2. The van der Waals surface area contributed by atoms with Crippen molar-refractivity contribution in [3.05, 3.63) is 72.1 Å². The molecule has 150 valence electrons. The van der Waals surface area contributed by atoms with Gasteiger partial charge in [-0.05, 0) is 36.2 Å². The molecule has 0 unspecified atom stereocenters. The molecule has 3 N–H and O–H groups in total. The lowest BCUT2D eigenvalue weighted by Gasteiger charge is -2.11. The number of ether oxygens (including phenoxy) is 1. The van der Waals surface area contributed by atoms with E-state index in [2.05, 4.69) is 25.0 Å². The number of aliphatic imine (C=N–C) groups is 1. The summed E-state index contributed by atoms with van der Waals surface area (Å²) < 4.78 is 40.6. The van der Waals surface area contributed by atoms with Crippen LogP contribution in [0.3, 0.4) is 0 Å². The highest BCUT2D eigenvalue weighted by molar-refractivity contribution is 5.92. The molecule has 0 saturated carbocycles. The topological polar surface area (TPSA) is 85.4 Å². The van der Waals surface area contributed by atoms with Gasteiger partial charge in [-0.2, -0.15) is 0 Å². The number of nitrogens with two attached hydrogens (primary N) is 1. The maximum absolute atomic E-state index is 12.3. The Morgan fingerprint density at radius 3 is 2.45 bits per heavy atom. The molecule has 0 aliphatic heterocycles. The van der Waals surface area contributed by atoms with Gasteiger partial charge in [0.15, 0.2) is 0 Å². The van der Waals surface area contributed by atoms with E-state index in [1.54, 1.807) is 6.21 Å². The van der Waals surface area contributed by atoms with Crippen molar-refractivity contribution in [1.29, 1.82) is 0 Å². The normalized spacial score (nSPS) is 11.6. The van der Waals surface area contributed by atoms with Crippen LogP contribution in [0.1, 0.15) is 11.1 Å². The molecule has 2 aromatic carbocycles. The van der Waals surface area contributed by atoms with Gasteiger partial charge in [-0.3, -0.25) is 4.99 Å². The molecule has 0 aliphatic carbocycles. The molecule has 0 radical (unpaired) electrons. The number of alkyl halides is 3. The van der Waals surface area contributed by atoms with E-state index in [0.29, 0.717) is 23.6 Å². The monoisotopic (exact) mass is 401 g/mol. The Morgan fingerprint density at radius 2 is 1.76 bits per heavy atom. The minimum atomic E-state index is -4.74. The van der Waals surface area contributed by atoms with Gasteiger partial charge >= 0.3 is 6.36 Å². The van der Waals surface area contributed by atoms with Crippen LogP contribution in [-0.2, 0) is 6.42 Å². The number of anilines is 3. The third-order valence-electron chi connectivity index (χ3n) is 3.86. The Bertz CT molecular complexity index is 960. The zero-order valence-corrected chi connectivity index (χ0v) is 15.2. The van der Waals surface area contributed by atoms with Gasteiger partial charge in [0, 0.05) is 18.4 Å². The highest BCUT2D eigenvalue weighted by Crippen LogP contribution is 2.26. The molecule has 0 spiro atoms. The van der Waals surface area contributed by atoms with E-state index in [1.807, 2.05) is 30.3 Å². The lowest BCUT2D eigenvalue weighted by molar-refractivity contribution is -0.274. The number of rotatable bonds is 7. The van der Waals surface area contributed by atoms with Crippen molar-refractivity contribution in [2.45, 2.75) is 12.8 Å². The smallest absolute Gasteiger partial charge is 0.406 e. The second kappa shape index (κ2) is 9.05. The maximum Gasteiger partial charge on any atom is 0.573 e. The number of aromatic nitrogens is 2. The minimum absolute atomic E-state index is 0.239. The Morgan fingerprint density at radius 1 is 1.03 bits per heavy atom. The van der Waals surface area contributed by atoms with Gasteiger partial charge in [0.2, 0.25) is 0 Å². The molecule has 3 rings (SSSR count). The van der Waals surface area contributed by atoms with Crippen molar-refractivity contribution in [2.75, 3.05) is 17.6 Å². The van der Waals surface area contributed by atoms with Crippen LogP contribution in [0.15, 0.2) is 65.9 Å². The molecule has 0 fully saturated rings. The average molecular weight is 401 g/mol. The first-order chi connectivity index (χ1) is 13.9. The van der Waals surface area contributed by atoms with Crippen LogP contribution in [0.2, 0.25) is 0 Å². The molecule has 29 heavy (non-hydrogen) atoms. The zero-order chi connectivity index (χ0) is 20.7. The molecular formula is C20H18F3N5O. The van der Waals surface area contributed by atoms with E-state index in [-0.39, 0.29) is 11.6 Å². The summed E-state index contributed by atoms with van der Waals surface area (Å²) in [6.07, 6.45) is -1.09. The predicted octanol–water partition coefficient (Wildman–Crippen LogP) is 4.36. The number of nitrogens with zero attached hydrogens (tertiary/aromatic N) is 3. The van der Waals surface area contributed by atoms with Crippen LogP contribution < -0.4 is 15.8 Å². The molecule has 3 aromatic rings. The lowest BCUT2D eigenvalue weighted by atomic mass is 10.1. The Labute approximate surface area is 165 Å². The molecule has 1 aromatic heterocycles. The first kappa shape index (κ1) is 20.1. The molecule has 0 atom stereocenters. The van der Waals surface area contributed by atoms with Crippen molar-refractivity contribution < 1.29 is 17.9 Å². The highest BCUT2D eigenvalue weighted by atomic mass is 19.4. The summed E-state index contributed by atoms with van der Waals surface area (Å²) >= 11 is 0. The van der Waals surface area contributed by atoms with Crippen LogP contribution in [0, 0.1) is 0 Å². The van der Waals surface area contributed by atoms with Crippen LogP contribution in [0.25, 0.3) is 0 Å². The maximum atomic E-state index is 12.3. The number of hydrogen-bond acceptors (Lipinski definition) is 6. The molecule has 0 amide bonds. The molecular weight excluding hydrogens is 383 g/mol. The molecule has 6 nitrogen and oxygen atoms in total. The zero-order valence-electron chi connectivity index (χ0n) is 15.2. The third kappa shape index (κ3) is 6.20. The number of halogens is 3. The van der Waals surface area contributed by atoms with Crippen LogP contribution in [0.4, 0.5) is 30.5 Å². The summed E-state index contributed by atoms with van der Waals surface area (Å²) in [5.41, 5.74) is 8.11. The molecule has 0 aliphatic rings. The highest BCUT2D eigenvalue weighted by Gasteiger charge is 2.30. The minimum Gasteiger partial charge on any atom is -0.406 e. The van der Waals surface area contributed by atoms with Gasteiger partial charge in [-0.25, -0.2) is 9.97 Å². The number of nitrogens with one attached hydrogen (secondary N) is 1. The fraction of sp³-hybridized carbons (Fsp3) is 0.150. The van der Waals surface area contributed by atoms with Crippen molar-refractivity contribution in [2.24, 2.45) is 4.99 Å². The van der Waals surface area contributed by atoms with Gasteiger partial charge < -0.3 is 15.8 Å². The van der Waals surface area contributed by atoms with Gasteiger partial charge in [-0.15, -0.1) is 13.2 Å². The van der Waals surface area contributed by atoms with Gasteiger partial charge in [0.1, 0.15) is 23.7 Å². The fourth-order valence-electron chi connectivity index (χ4n) is 2.51. The quantitative estimate of drug-likeness (QED) is 0.575. The number of hydrogen-bond donors (Lipinski definition) is 2. The summed E-state index contributed by atoms with van der Waals surface area (Å²) in [6.45, 7) is 0.557. The van der Waals surface area contributed by atoms with Crippen LogP contribution in [-0.4, -0.2) is 29.1 Å². The van der Waals surface area contributed by atoms with Gasteiger partial charge in [0.25, 0.3) is 0 Å². The second-order valence-corrected chi connectivity index (χ2v) is 5.99. The summed E-state index contributed by atoms with van der Waals surface area (Å²) in [5.74, 6) is 0.321. The average Bonchev–Trinajstić information content (AvgIpc) is 2.68. The van der Waals surface area contributed by atoms with E-state index >= 15 is 0 Å². The first-order valence-corrected chi connectivity index (χ1v) is 8.68. The Kier molecular flexibility index (Phi) is 6.28. The summed E-state index contributed by atoms with van der Waals surface area (Å²) in [4.78, 5) is 12.5. The molecule has 1 heterocycles. The van der Waals surface area contributed by atoms with Crippen LogP contribution in [0.5, 0.6) is 5.75 Å². The van der Waals surface area contributed by atoms with Gasteiger partial charge in [-0.1, -0.05) is 30.3 Å². The van der Waals surface area contributed by atoms with Crippen LogP contribution >= 0.6 is 0 Å². The fourth-order valence-corrected chi connectivity index (χ4v) is 2.51. The predicted molar refractivity (Wildman–Crippen MR) is 105 cm³/mol. The van der Waals surface area contributed by atoms with E-state index < -0.39 is 6.36 Å². The third-order valence-corrected chi connectivity index (χ3v) is 3.86. The van der Waals surface area contributed by atoms with E-state index in [4.69, 9.17) is 5.73 Å². The SMILES string of the molecule is Nc1ncnc(Nc2ccc(OC(F)(F)F)cc2)c1C=NCCc1ccccc1. The molecule has 9 heteroatoms. The lowest BCUT2D eigenvalue weighted by Crippen LogP contribution is -2.17. The number of benzene rings is 2. The largest absolute Gasteiger partial charge is 0.573 e. The summed E-state index contributed by atoms with van der Waals surface area (Å²) in [7, 11) is 0. The Hall–Kier alpha value is -3.62. The number of nitrogen functional groups attached to an aromatic ring is 1. The molecule has 0 saturated heterocycles. The van der Waals surface area contributed by atoms with Crippen molar-refractivity contribution in [3.8, 4) is 5.75 Å². The standard InChI is InChI=1S/C20H18F3N5O/c21-20(22,23)29-16-8-6-15(7-9-16)28-19-17(18(24)26-13-27-19)12-25-11-10-14-4-2-1-3-5-14/h1-9,12-13H,10-11H2,(H3,24,26,27,28). The van der Waals surface area contributed by atoms with Gasteiger partial charge in [0.05, 0.1) is 5.56 Å². The van der Waals surface area contributed by atoms with Crippen molar-refractivity contribution >= 4 is 23.5 Å². The first-order valence-electron chi connectivity index (χ1n) is 8.68. The van der Waals surface area contributed by atoms with E-state index in [1.165, 1.54) is 36.2 Å². The summed E-state index contributed by atoms with van der Waals surface area (Å²) in [5, 5.41) is 3.00. The van der Waals surface area contributed by atoms with E-state index in [0.717, 1.165) is 6.42 Å². The van der Waals surface area contributed by atoms with Crippen molar-refractivity contribution in [1.82, 2.24) is 9.97 Å². The Balaban J connectivity index is 1.68. The van der Waals surface area contributed by atoms with Crippen molar-refractivity contribution in [3.63, 3.8) is 0 Å². The van der Waals surface area contributed by atoms with E-state index in [9.17, 15) is 13.2 Å². The molecule has 0 bridgehead atoms.